The number of halogens is 5. The van der Waals surface area contributed by atoms with E-state index in [0.29, 0.717) is 43.6 Å². The normalized spacial score (nSPS) is 24.4. The number of piperidine rings is 1. The van der Waals surface area contributed by atoms with Gasteiger partial charge in [-0.25, -0.2) is 26.5 Å². The molecule has 0 amide bonds. The first-order valence-electron chi connectivity index (χ1n) is 14.5. The molecule has 1 saturated carbocycles. The average molecular weight is 591 g/mol. The van der Waals surface area contributed by atoms with Gasteiger partial charge < -0.3 is 10.6 Å². The number of hydrogen-bond donors (Lipinski definition) is 2. The molecule has 42 heavy (non-hydrogen) atoms. The quantitative estimate of drug-likeness (QED) is 0.291. The fraction of sp³-hybridized carbons (Fsp3) is 0.586. The molecule has 8 nitrogen and oxygen atoms in total. The highest BCUT2D eigenvalue weighted by Gasteiger charge is 2.49. The van der Waals surface area contributed by atoms with E-state index in [1.807, 2.05) is 30.0 Å². The summed E-state index contributed by atoms with van der Waals surface area (Å²) >= 11 is 0. The van der Waals surface area contributed by atoms with Crippen molar-refractivity contribution in [3.63, 3.8) is 0 Å². The van der Waals surface area contributed by atoms with Gasteiger partial charge in [-0.2, -0.15) is 4.98 Å². The number of likely N-dealkylation sites (tertiary alicyclic amines) is 1. The van der Waals surface area contributed by atoms with Crippen LogP contribution in [0.25, 0.3) is 16.8 Å². The summed E-state index contributed by atoms with van der Waals surface area (Å²) in [4.78, 5) is 16.0. The van der Waals surface area contributed by atoms with E-state index in [1.165, 1.54) is 0 Å². The predicted octanol–water partition coefficient (Wildman–Crippen LogP) is 6.16. The first-order chi connectivity index (χ1) is 20.1. The van der Waals surface area contributed by atoms with Crippen LogP contribution in [0, 0.1) is 5.92 Å². The van der Waals surface area contributed by atoms with Crippen molar-refractivity contribution >= 4 is 28.7 Å². The number of aromatic nitrogens is 4. The number of nitrogens with zero attached hydrogens (tertiary/aromatic N) is 6. The Kier molecular flexibility index (Phi) is 7.79. The molecule has 3 atom stereocenters. The molecule has 0 radical (unpaired) electrons. The molecule has 3 aromatic heterocycles. The first kappa shape index (κ1) is 28.8. The van der Waals surface area contributed by atoms with Crippen molar-refractivity contribution in [1.82, 2.24) is 24.5 Å². The van der Waals surface area contributed by atoms with Gasteiger partial charge in [-0.3, -0.25) is 14.9 Å². The van der Waals surface area contributed by atoms with Gasteiger partial charge in [0.25, 0.3) is 5.92 Å². The smallest absolute Gasteiger partial charge is 0.251 e. The zero-order valence-corrected chi connectivity index (χ0v) is 23.6. The molecule has 0 aromatic carbocycles. The fourth-order valence-corrected chi connectivity index (χ4v) is 6.33. The second-order valence-electron chi connectivity index (χ2n) is 11.7. The third-order valence-electron chi connectivity index (χ3n) is 8.75. The van der Waals surface area contributed by atoms with E-state index < -0.39 is 24.6 Å². The van der Waals surface area contributed by atoms with Crippen molar-refractivity contribution in [3.8, 4) is 11.3 Å². The lowest BCUT2D eigenvalue weighted by Gasteiger charge is -2.46. The maximum atomic E-state index is 15.1. The summed E-state index contributed by atoms with van der Waals surface area (Å²) in [5, 5.41) is 10.8. The number of rotatable bonds is 9. The predicted molar refractivity (Wildman–Crippen MR) is 152 cm³/mol. The Balaban J connectivity index is 1.18. The van der Waals surface area contributed by atoms with Gasteiger partial charge in [0, 0.05) is 68.8 Å². The largest absolute Gasteiger partial charge is 0.371 e. The zero-order chi connectivity index (χ0) is 29.6. The minimum atomic E-state index is -2.63. The van der Waals surface area contributed by atoms with Crippen LogP contribution in [-0.2, 0) is 6.42 Å². The summed E-state index contributed by atoms with van der Waals surface area (Å²) in [7, 11) is 1.75. The van der Waals surface area contributed by atoms with Crippen molar-refractivity contribution in [2.45, 2.75) is 82.5 Å². The van der Waals surface area contributed by atoms with Gasteiger partial charge >= 0.3 is 0 Å². The van der Waals surface area contributed by atoms with E-state index in [1.54, 1.807) is 17.8 Å². The summed E-state index contributed by atoms with van der Waals surface area (Å²) < 4.78 is 68.7. The number of hydrogen-bond acceptors (Lipinski definition) is 7. The number of nitrogens with one attached hydrogen (secondary N) is 2. The second-order valence-corrected chi connectivity index (χ2v) is 11.7. The van der Waals surface area contributed by atoms with Crippen LogP contribution >= 0.6 is 0 Å². The van der Waals surface area contributed by atoms with E-state index in [9.17, 15) is 17.6 Å². The van der Waals surface area contributed by atoms with Crippen LogP contribution in [0.2, 0.25) is 0 Å². The minimum Gasteiger partial charge on any atom is -0.371 e. The van der Waals surface area contributed by atoms with Crippen LogP contribution in [0.4, 0.5) is 39.4 Å². The molecule has 6 rings (SSSR count). The molecule has 2 aliphatic heterocycles. The summed E-state index contributed by atoms with van der Waals surface area (Å²) in [6.45, 7) is 2.58. The lowest BCUT2D eigenvalue weighted by atomic mass is 9.85. The Bertz CT molecular complexity index is 1470. The number of pyridine rings is 1. The fourth-order valence-electron chi connectivity index (χ4n) is 6.33. The Labute approximate surface area is 240 Å². The van der Waals surface area contributed by atoms with Crippen molar-refractivity contribution in [1.29, 1.82) is 0 Å². The van der Waals surface area contributed by atoms with Crippen LogP contribution < -0.4 is 10.6 Å². The minimum absolute atomic E-state index is 0.0791. The number of fused-ring (bicyclic) bond motifs is 2. The number of anilines is 2. The van der Waals surface area contributed by atoms with E-state index in [0.717, 1.165) is 28.4 Å². The van der Waals surface area contributed by atoms with Crippen molar-refractivity contribution in [2.24, 2.45) is 10.9 Å². The topological polar surface area (TPSA) is 82.7 Å². The van der Waals surface area contributed by atoms with Crippen LogP contribution in [0.1, 0.15) is 51.1 Å². The van der Waals surface area contributed by atoms with E-state index in [-0.39, 0.29) is 43.7 Å². The molecule has 226 valence electrons. The summed E-state index contributed by atoms with van der Waals surface area (Å²) in [5.41, 5.74) is 4.79. The van der Waals surface area contributed by atoms with Crippen LogP contribution in [0.15, 0.2) is 29.4 Å². The van der Waals surface area contributed by atoms with Crippen molar-refractivity contribution < 1.29 is 22.0 Å². The zero-order valence-electron chi connectivity index (χ0n) is 23.6. The molecule has 0 bridgehead atoms. The van der Waals surface area contributed by atoms with Crippen molar-refractivity contribution in [3.05, 3.63) is 30.1 Å². The molecule has 1 unspecified atom stereocenters. The third kappa shape index (κ3) is 5.80. The van der Waals surface area contributed by atoms with Crippen LogP contribution in [0.3, 0.4) is 0 Å². The van der Waals surface area contributed by atoms with Gasteiger partial charge in [-0.05, 0) is 50.8 Å². The van der Waals surface area contributed by atoms with Gasteiger partial charge in [0.15, 0.2) is 5.82 Å². The van der Waals surface area contributed by atoms with E-state index in [2.05, 4.69) is 20.7 Å². The molecule has 2 fully saturated rings. The first-order valence-corrected chi connectivity index (χ1v) is 14.5. The maximum Gasteiger partial charge on any atom is 0.251 e. The van der Waals surface area contributed by atoms with Crippen LogP contribution in [0.5, 0.6) is 0 Å². The van der Waals surface area contributed by atoms with Gasteiger partial charge in [0.05, 0.1) is 23.1 Å². The monoisotopic (exact) mass is 590 g/mol. The Morgan fingerprint density at radius 1 is 1.14 bits per heavy atom. The summed E-state index contributed by atoms with van der Waals surface area (Å²) in [6, 6.07) is 4.93. The molecule has 2 N–H and O–H groups in total. The summed E-state index contributed by atoms with van der Waals surface area (Å²) in [5.74, 6) is -1.75. The van der Waals surface area contributed by atoms with Gasteiger partial charge in [-0.15, -0.1) is 5.10 Å². The maximum absolute atomic E-state index is 15.1. The molecule has 3 aliphatic rings. The lowest BCUT2D eigenvalue weighted by molar-refractivity contribution is -0.131. The van der Waals surface area contributed by atoms with Gasteiger partial charge in [-0.1, -0.05) is 0 Å². The Morgan fingerprint density at radius 2 is 1.95 bits per heavy atom. The highest BCUT2D eigenvalue weighted by atomic mass is 19.3. The molecule has 5 heterocycles. The number of aliphatic imine (C=N–C) groups is 1. The lowest BCUT2D eigenvalue weighted by Crippen LogP contribution is -2.57. The summed E-state index contributed by atoms with van der Waals surface area (Å²) in [6.07, 6.45) is -0.0799. The Morgan fingerprint density at radius 3 is 2.67 bits per heavy atom. The standard InChI is InChI=1S/C29H35F5N8/c1-16-17(4-3-5-25(31)32)12-24-23(36-16)7-6-21(37-24)19-8-11-42-26(19)27(35-2)39-28(40-42)38-22-9-10-41(15-20(22)30)18-13-29(33,34)14-18/h6-8,11,17-18,20,22,25H,3-5,9-10,12-15H2,1-2H3,(H2,35,38,39,40)/t17?,20-,22+/m1/s1. The number of alkyl halides is 5. The van der Waals surface area contributed by atoms with Crippen molar-refractivity contribution in [2.75, 3.05) is 30.8 Å². The van der Waals surface area contributed by atoms with Gasteiger partial charge in [0.1, 0.15) is 11.7 Å². The molecule has 0 spiro atoms. The van der Waals surface area contributed by atoms with E-state index in [4.69, 9.17) is 9.98 Å². The molecule has 1 saturated heterocycles. The molecule has 1 aliphatic carbocycles. The highest BCUT2D eigenvalue weighted by Crippen LogP contribution is 2.41. The average Bonchev–Trinajstić information content (AvgIpc) is 3.36. The third-order valence-corrected chi connectivity index (χ3v) is 8.75. The van der Waals surface area contributed by atoms with Gasteiger partial charge in [0.2, 0.25) is 12.4 Å². The molecule has 13 heteroatoms. The highest BCUT2D eigenvalue weighted by molar-refractivity contribution is 5.90. The van der Waals surface area contributed by atoms with Crippen LogP contribution in [-0.4, -0.2) is 80.9 Å². The second kappa shape index (κ2) is 11.4. The Hall–Kier alpha value is -3.35. The molecule has 3 aromatic rings. The molecular formula is C29H35F5N8. The molecular weight excluding hydrogens is 555 g/mol. The van der Waals surface area contributed by atoms with E-state index >= 15 is 4.39 Å². The SMILES string of the molecule is CNc1nc(N[C@H]2CCN(C3CC(F)(F)C3)C[C@H]2F)nn2ccc(-c3ccc4c(n3)CC(CCCC(F)F)C(C)=N4)c12.